The van der Waals surface area contributed by atoms with Crippen molar-refractivity contribution in [2.24, 2.45) is 0 Å². The summed E-state index contributed by atoms with van der Waals surface area (Å²) in [6, 6.07) is 12.0. The average molecular weight is 303 g/mol. The smallest absolute Gasteiger partial charge is 0.128 e. The van der Waals surface area contributed by atoms with Crippen LogP contribution in [-0.2, 0) is 6.54 Å². The Kier molecular flexibility index (Phi) is 4.27. The summed E-state index contributed by atoms with van der Waals surface area (Å²) >= 11 is 5.88. The maximum absolute atomic E-state index is 5.88. The zero-order chi connectivity index (χ0) is 14.7. The molecule has 3 rings (SSSR count). The molecule has 0 bridgehead atoms. The molecule has 0 unspecified atom stereocenters. The predicted octanol–water partition coefficient (Wildman–Crippen LogP) is 2.64. The van der Waals surface area contributed by atoms with E-state index in [2.05, 4.69) is 20.9 Å². The zero-order valence-electron chi connectivity index (χ0n) is 11.9. The molecule has 1 aliphatic rings. The first-order valence-corrected chi connectivity index (χ1v) is 7.52. The number of aromatic nitrogens is 1. The number of hydrogen-bond acceptors (Lipinski definition) is 4. The van der Waals surface area contributed by atoms with Crippen molar-refractivity contribution in [1.29, 1.82) is 0 Å². The average Bonchev–Trinajstić information content (AvgIpc) is 2.49. The topological polar surface area (TPSA) is 45.4 Å². The second-order valence-electron chi connectivity index (χ2n) is 5.34. The molecular weight excluding hydrogens is 284 g/mol. The SMILES string of the molecule is Nc1cccc(CN2CCN(c3ccc(Cl)cn3)CC2)c1. The first-order valence-electron chi connectivity index (χ1n) is 7.14. The maximum Gasteiger partial charge on any atom is 0.128 e. The van der Waals surface area contributed by atoms with Gasteiger partial charge in [0.05, 0.1) is 5.02 Å². The number of hydrogen-bond donors (Lipinski definition) is 1. The van der Waals surface area contributed by atoms with Gasteiger partial charge in [0.15, 0.2) is 0 Å². The molecule has 1 saturated heterocycles. The van der Waals surface area contributed by atoms with E-state index in [4.69, 9.17) is 17.3 Å². The number of nitrogens with two attached hydrogens (primary N) is 1. The van der Waals surface area contributed by atoms with Gasteiger partial charge in [0.2, 0.25) is 0 Å². The van der Waals surface area contributed by atoms with Gasteiger partial charge < -0.3 is 10.6 Å². The van der Waals surface area contributed by atoms with Crippen molar-refractivity contribution < 1.29 is 0 Å². The molecule has 0 radical (unpaired) electrons. The summed E-state index contributed by atoms with van der Waals surface area (Å²) in [6.45, 7) is 4.97. The second kappa shape index (κ2) is 6.33. The van der Waals surface area contributed by atoms with Crippen LogP contribution in [0.25, 0.3) is 0 Å². The molecule has 1 aromatic heterocycles. The number of halogens is 1. The van der Waals surface area contributed by atoms with Gasteiger partial charge in [-0.25, -0.2) is 4.98 Å². The zero-order valence-corrected chi connectivity index (χ0v) is 12.6. The highest BCUT2D eigenvalue weighted by Crippen LogP contribution is 2.17. The number of anilines is 2. The molecule has 0 amide bonds. The van der Waals surface area contributed by atoms with E-state index >= 15 is 0 Å². The summed E-state index contributed by atoms with van der Waals surface area (Å²) in [5.74, 6) is 1.00. The molecule has 2 aromatic rings. The Balaban J connectivity index is 1.56. The molecule has 1 aliphatic heterocycles. The summed E-state index contributed by atoms with van der Waals surface area (Å²) in [5.41, 5.74) is 7.93. The highest BCUT2D eigenvalue weighted by Gasteiger charge is 2.18. The van der Waals surface area contributed by atoms with Crippen molar-refractivity contribution in [2.75, 3.05) is 36.8 Å². The minimum atomic E-state index is 0.680. The minimum Gasteiger partial charge on any atom is -0.399 e. The Bertz CT molecular complexity index is 591. The van der Waals surface area contributed by atoms with Crippen LogP contribution in [0.3, 0.4) is 0 Å². The van der Waals surface area contributed by atoms with Gasteiger partial charge in [0.25, 0.3) is 0 Å². The highest BCUT2D eigenvalue weighted by molar-refractivity contribution is 6.30. The first-order chi connectivity index (χ1) is 10.2. The first kappa shape index (κ1) is 14.2. The maximum atomic E-state index is 5.88. The van der Waals surface area contributed by atoms with Crippen LogP contribution in [0.15, 0.2) is 42.6 Å². The highest BCUT2D eigenvalue weighted by atomic mass is 35.5. The van der Waals surface area contributed by atoms with E-state index in [1.165, 1.54) is 5.56 Å². The van der Waals surface area contributed by atoms with Crippen LogP contribution < -0.4 is 10.6 Å². The second-order valence-corrected chi connectivity index (χ2v) is 5.78. The fraction of sp³-hybridized carbons (Fsp3) is 0.312. The van der Waals surface area contributed by atoms with Gasteiger partial charge in [0, 0.05) is 44.6 Å². The standard InChI is InChI=1S/C16H19ClN4/c17-14-4-5-16(19-11-14)21-8-6-20(7-9-21)12-13-2-1-3-15(18)10-13/h1-5,10-11H,6-9,12,18H2. The van der Waals surface area contributed by atoms with Crippen LogP contribution in [0.4, 0.5) is 11.5 Å². The Hall–Kier alpha value is -1.78. The van der Waals surface area contributed by atoms with E-state index in [0.717, 1.165) is 44.2 Å². The Labute approximate surface area is 130 Å². The normalized spacial score (nSPS) is 16.1. The van der Waals surface area contributed by atoms with Crippen LogP contribution >= 0.6 is 11.6 Å². The molecule has 0 aliphatic carbocycles. The third kappa shape index (κ3) is 3.65. The lowest BCUT2D eigenvalue weighted by Gasteiger charge is -2.35. The Morgan fingerprint density at radius 1 is 1.10 bits per heavy atom. The summed E-state index contributed by atoms with van der Waals surface area (Å²) in [7, 11) is 0. The van der Waals surface area contributed by atoms with Crippen molar-refractivity contribution in [3.63, 3.8) is 0 Å². The molecule has 2 heterocycles. The largest absolute Gasteiger partial charge is 0.399 e. The van der Waals surface area contributed by atoms with E-state index in [1.807, 2.05) is 30.3 Å². The van der Waals surface area contributed by atoms with Crippen molar-refractivity contribution in [3.8, 4) is 0 Å². The fourth-order valence-corrected chi connectivity index (χ4v) is 2.75. The lowest BCUT2D eigenvalue weighted by molar-refractivity contribution is 0.249. The molecule has 110 valence electrons. The molecule has 0 spiro atoms. The van der Waals surface area contributed by atoms with Crippen LogP contribution in [0.2, 0.25) is 5.02 Å². The van der Waals surface area contributed by atoms with Crippen molar-refractivity contribution in [3.05, 3.63) is 53.2 Å². The van der Waals surface area contributed by atoms with Crippen LogP contribution in [0.1, 0.15) is 5.56 Å². The number of benzene rings is 1. The van der Waals surface area contributed by atoms with Gasteiger partial charge in [-0.3, -0.25) is 4.90 Å². The van der Waals surface area contributed by atoms with E-state index in [9.17, 15) is 0 Å². The molecule has 1 aromatic carbocycles. The molecule has 2 N–H and O–H groups in total. The van der Waals surface area contributed by atoms with E-state index in [-0.39, 0.29) is 0 Å². The third-order valence-electron chi connectivity index (χ3n) is 3.77. The minimum absolute atomic E-state index is 0.680. The molecule has 1 fully saturated rings. The Morgan fingerprint density at radius 2 is 1.90 bits per heavy atom. The molecule has 5 heteroatoms. The molecule has 4 nitrogen and oxygen atoms in total. The monoisotopic (exact) mass is 302 g/mol. The lowest BCUT2D eigenvalue weighted by atomic mass is 10.2. The van der Waals surface area contributed by atoms with Gasteiger partial charge in [-0.05, 0) is 29.8 Å². The lowest BCUT2D eigenvalue weighted by Crippen LogP contribution is -2.46. The van der Waals surface area contributed by atoms with Gasteiger partial charge in [0.1, 0.15) is 5.82 Å². The molecular formula is C16H19ClN4. The number of nitrogen functional groups attached to an aromatic ring is 1. The van der Waals surface area contributed by atoms with Crippen LogP contribution in [0, 0.1) is 0 Å². The van der Waals surface area contributed by atoms with Crippen LogP contribution in [-0.4, -0.2) is 36.1 Å². The predicted molar refractivity (Wildman–Crippen MR) is 87.6 cm³/mol. The van der Waals surface area contributed by atoms with Gasteiger partial charge >= 0.3 is 0 Å². The van der Waals surface area contributed by atoms with Crippen molar-refractivity contribution >= 4 is 23.1 Å². The van der Waals surface area contributed by atoms with Gasteiger partial charge in [-0.15, -0.1) is 0 Å². The van der Waals surface area contributed by atoms with E-state index < -0.39 is 0 Å². The van der Waals surface area contributed by atoms with Crippen molar-refractivity contribution in [2.45, 2.75) is 6.54 Å². The summed E-state index contributed by atoms with van der Waals surface area (Å²) in [5, 5.41) is 0.680. The van der Waals surface area contributed by atoms with Crippen LogP contribution in [0.5, 0.6) is 0 Å². The molecule has 0 atom stereocenters. The fourth-order valence-electron chi connectivity index (χ4n) is 2.64. The number of pyridine rings is 1. The number of piperazine rings is 1. The summed E-state index contributed by atoms with van der Waals surface area (Å²) in [4.78, 5) is 9.12. The quantitative estimate of drug-likeness (QED) is 0.885. The third-order valence-corrected chi connectivity index (χ3v) is 3.99. The van der Waals surface area contributed by atoms with Crippen molar-refractivity contribution in [1.82, 2.24) is 9.88 Å². The molecule has 0 saturated carbocycles. The van der Waals surface area contributed by atoms with Gasteiger partial charge in [-0.2, -0.15) is 0 Å². The van der Waals surface area contributed by atoms with Gasteiger partial charge in [-0.1, -0.05) is 23.7 Å². The van der Waals surface area contributed by atoms with E-state index in [1.54, 1.807) is 6.20 Å². The number of nitrogens with zero attached hydrogens (tertiary/aromatic N) is 3. The Morgan fingerprint density at radius 3 is 2.57 bits per heavy atom. The summed E-state index contributed by atoms with van der Waals surface area (Å²) < 4.78 is 0. The molecule has 21 heavy (non-hydrogen) atoms. The van der Waals surface area contributed by atoms with E-state index in [0.29, 0.717) is 5.02 Å². The summed E-state index contributed by atoms with van der Waals surface area (Å²) in [6.07, 6.45) is 1.70. The number of rotatable bonds is 3.